The van der Waals surface area contributed by atoms with Crippen LogP contribution in [0.2, 0.25) is 15.1 Å². The summed E-state index contributed by atoms with van der Waals surface area (Å²) < 4.78 is 0. The first-order valence-corrected chi connectivity index (χ1v) is 6.87. The van der Waals surface area contributed by atoms with Crippen molar-refractivity contribution in [2.75, 3.05) is 5.32 Å². The fraction of sp³-hybridized carbons (Fsp3) is 0.0714. The molecule has 2 aromatic rings. The minimum absolute atomic E-state index is 0.416. The molecular formula is C14H11Cl3N2O. The van der Waals surface area contributed by atoms with Crippen LogP contribution in [0.15, 0.2) is 42.5 Å². The average Bonchev–Trinajstić information content (AvgIpc) is 2.41. The van der Waals surface area contributed by atoms with Crippen molar-refractivity contribution < 1.29 is 4.79 Å². The van der Waals surface area contributed by atoms with Crippen molar-refractivity contribution in [1.29, 1.82) is 0 Å². The molecule has 0 bridgehead atoms. The van der Waals surface area contributed by atoms with Gasteiger partial charge >= 0.3 is 0 Å². The van der Waals surface area contributed by atoms with Gasteiger partial charge < -0.3 is 11.1 Å². The van der Waals surface area contributed by atoms with Crippen LogP contribution in [0.5, 0.6) is 0 Å². The Labute approximate surface area is 131 Å². The van der Waals surface area contributed by atoms with Gasteiger partial charge in [-0.25, -0.2) is 0 Å². The Hall–Kier alpha value is -1.42. The highest BCUT2D eigenvalue weighted by Crippen LogP contribution is 2.29. The van der Waals surface area contributed by atoms with Crippen LogP contribution in [-0.2, 0) is 4.79 Å². The number of benzene rings is 2. The standard InChI is InChI=1S/C14H11Cl3N2O/c15-8-1-4-10(5-2-8)19-13(14(18)20)11-7-9(16)3-6-12(11)17/h1-7,13,19H,(H2,18,20). The van der Waals surface area contributed by atoms with E-state index in [9.17, 15) is 4.79 Å². The maximum absolute atomic E-state index is 11.7. The van der Waals surface area contributed by atoms with Gasteiger partial charge in [0.05, 0.1) is 0 Å². The van der Waals surface area contributed by atoms with Crippen LogP contribution < -0.4 is 11.1 Å². The number of carbonyl (C=O) groups excluding carboxylic acids is 1. The van der Waals surface area contributed by atoms with Crippen molar-refractivity contribution in [2.24, 2.45) is 5.73 Å². The van der Waals surface area contributed by atoms with E-state index in [4.69, 9.17) is 40.5 Å². The molecule has 0 aliphatic carbocycles. The summed E-state index contributed by atoms with van der Waals surface area (Å²) in [5, 5.41) is 4.51. The van der Waals surface area contributed by atoms with Gasteiger partial charge in [0, 0.05) is 26.3 Å². The van der Waals surface area contributed by atoms with E-state index in [0.717, 1.165) is 0 Å². The van der Waals surface area contributed by atoms with Crippen LogP contribution in [0.3, 0.4) is 0 Å². The summed E-state index contributed by atoms with van der Waals surface area (Å²) in [5.41, 5.74) is 6.67. The number of nitrogens with one attached hydrogen (secondary N) is 1. The Morgan fingerprint density at radius 1 is 1.00 bits per heavy atom. The molecule has 0 aliphatic rings. The first-order chi connectivity index (χ1) is 9.47. The first-order valence-electron chi connectivity index (χ1n) is 5.74. The van der Waals surface area contributed by atoms with Gasteiger partial charge in [-0.15, -0.1) is 0 Å². The monoisotopic (exact) mass is 328 g/mol. The number of primary amides is 1. The van der Waals surface area contributed by atoms with E-state index in [1.807, 2.05) is 0 Å². The zero-order valence-corrected chi connectivity index (χ0v) is 12.5. The predicted molar refractivity (Wildman–Crippen MR) is 83.5 cm³/mol. The molecule has 104 valence electrons. The molecule has 0 aliphatic heterocycles. The molecule has 2 aromatic carbocycles. The van der Waals surface area contributed by atoms with E-state index >= 15 is 0 Å². The summed E-state index contributed by atoms with van der Waals surface area (Å²) >= 11 is 17.8. The molecule has 0 radical (unpaired) electrons. The van der Waals surface area contributed by atoms with E-state index in [2.05, 4.69) is 5.32 Å². The number of hydrogen-bond acceptors (Lipinski definition) is 2. The third-order valence-corrected chi connectivity index (χ3v) is 3.54. The van der Waals surface area contributed by atoms with Crippen LogP contribution in [0, 0.1) is 0 Å². The molecule has 1 atom stereocenters. The number of hydrogen-bond donors (Lipinski definition) is 2. The van der Waals surface area contributed by atoms with Crippen LogP contribution in [0.4, 0.5) is 5.69 Å². The van der Waals surface area contributed by atoms with Gasteiger partial charge in [-0.05, 0) is 42.5 Å². The molecular weight excluding hydrogens is 319 g/mol. The van der Waals surface area contributed by atoms with Crippen molar-refractivity contribution in [3.8, 4) is 0 Å². The fourth-order valence-electron chi connectivity index (χ4n) is 1.75. The van der Waals surface area contributed by atoms with Gasteiger partial charge in [-0.3, -0.25) is 4.79 Å². The smallest absolute Gasteiger partial charge is 0.244 e. The largest absolute Gasteiger partial charge is 0.370 e. The molecule has 0 spiro atoms. The molecule has 20 heavy (non-hydrogen) atoms. The maximum atomic E-state index is 11.7. The zero-order chi connectivity index (χ0) is 14.7. The molecule has 0 fully saturated rings. The second kappa shape index (κ2) is 6.35. The van der Waals surface area contributed by atoms with Crippen LogP contribution in [-0.4, -0.2) is 5.91 Å². The lowest BCUT2D eigenvalue weighted by atomic mass is 10.1. The Morgan fingerprint density at radius 3 is 2.20 bits per heavy atom. The normalized spacial score (nSPS) is 11.9. The van der Waals surface area contributed by atoms with Crippen molar-refractivity contribution in [3.63, 3.8) is 0 Å². The molecule has 3 N–H and O–H groups in total. The van der Waals surface area contributed by atoms with Gasteiger partial charge in [0.25, 0.3) is 0 Å². The van der Waals surface area contributed by atoms with Crippen LogP contribution >= 0.6 is 34.8 Å². The second-order valence-electron chi connectivity index (χ2n) is 4.15. The van der Waals surface area contributed by atoms with E-state index in [1.54, 1.807) is 42.5 Å². The summed E-state index contributed by atoms with van der Waals surface area (Å²) in [4.78, 5) is 11.7. The summed E-state index contributed by atoms with van der Waals surface area (Å²) in [6.07, 6.45) is 0. The third kappa shape index (κ3) is 3.57. The Bertz CT molecular complexity index is 629. The number of amides is 1. The summed E-state index contributed by atoms with van der Waals surface area (Å²) in [6, 6.07) is 11.0. The minimum Gasteiger partial charge on any atom is -0.370 e. The highest BCUT2D eigenvalue weighted by atomic mass is 35.5. The summed E-state index contributed by atoms with van der Waals surface area (Å²) in [6.45, 7) is 0. The first kappa shape index (κ1) is 15.0. The molecule has 3 nitrogen and oxygen atoms in total. The van der Waals surface area contributed by atoms with Crippen LogP contribution in [0.1, 0.15) is 11.6 Å². The fourth-order valence-corrected chi connectivity index (χ4v) is 2.28. The summed E-state index contributed by atoms with van der Waals surface area (Å²) in [5.74, 6) is -0.552. The number of nitrogens with two attached hydrogens (primary N) is 1. The Morgan fingerprint density at radius 2 is 1.60 bits per heavy atom. The molecule has 1 amide bonds. The number of rotatable bonds is 4. The average molecular weight is 330 g/mol. The van der Waals surface area contributed by atoms with Crippen molar-refractivity contribution in [3.05, 3.63) is 63.1 Å². The highest BCUT2D eigenvalue weighted by molar-refractivity contribution is 6.34. The van der Waals surface area contributed by atoms with E-state index in [-0.39, 0.29) is 0 Å². The minimum atomic E-state index is -0.776. The Kier molecular flexibility index (Phi) is 4.76. The predicted octanol–water partition coefficient (Wildman–Crippen LogP) is 4.29. The SMILES string of the molecule is NC(=O)C(Nc1ccc(Cl)cc1)c1cc(Cl)ccc1Cl. The lowest BCUT2D eigenvalue weighted by molar-refractivity contribution is -0.118. The van der Waals surface area contributed by atoms with E-state index in [0.29, 0.717) is 26.3 Å². The molecule has 1 unspecified atom stereocenters. The van der Waals surface area contributed by atoms with Gasteiger partial charge in [0.1, 0.15) is 6.04 Å². The quantitative estimate of drug-likeness (QED) is 0.879. The van der Waals surface area contributed by atoms with Crippen molar-refractivity contribution >= 4 is 46.4 Å². The summed E-state index contributed by atoms with van der Waals surface area (Å²) in [7, 11) is 0. The molecule has 0 aromatic heterocycles. The van der Waals surface area contributed by atoms with E-state index in [1.165, 1.54) is 0 Å². The lowest BCUT2D eigenvalue weighted by Gasteiger charge is -2.18. The highest BCUT2D eigenvalue weighted by Gasteiger charge is 2.20. The molecule has 0 saturated heterocycles. The van der Waals surface area contributed by atoms with Crippen molar-refractivity contribution in [1.82, 2.24) is 0 Å². The maximum Gasteiger partial charge on any atom is 0.244 e. The number of carbonyl (C=O) groups is 1. The van der Waals surface area contributed by atoms with Gasteiger partial charge in [-0.2, -0.15) is 0 Å². The van der Waals surface area contributed by atoms with Crippen LogP contribution in [0.25, 0.3) is 0 Å². The molecule has 0 heterocycles. The second-order valence-corrected chi connectivity index (χ2v) is 5.43. The molecule has 0 saturated carbocycles. The lowest BCUT2D eigenvalue weighted by Crippen LogP contribution is -2.28. The van der Waals surface area contributed by atoms with Gasteiger partial charge in [0.2, 0.25) is 5.91 Å². The number of anilines is 1. The molecule has 2 rings (SSSR count). The van der Waals surface area contributed by atoms with Gasteiger partial charge in [0.15, 0.2) is 0 Å². The molecule has 6 heteroatoms. The Balaban J connectivity index is 2.34. The van der Waals surface area contributed by atoms with E-state index < -0.39 is 11.9 Å². The third-order valence-electron chi connectivity index (χ3n) is 2.71. The number of halogens is 3. The topological polar surface area (TPSA) is 55.1 Å². The van der Waals surface area contributed by atoms with Crippen molar-refractivity contribution in [2.45, 2.75) is 6.04 Å². The zero-order valence-electron chi connectivity index (χ0n) is 10.2. The van der Waals surface area contributed by atoms with Gasteiger partial charge in [-0.1, -0.05) is 34.8 Å².